The largest absolute Gasteiger partial charge is 0.298 e. The Labute approximate surface area is 161 Å². The van der Waals surface area contributed by atoms with Gasteiger partial charge in [-0.1, -0.05) is 113 Å². The summed E-state index contributed by atoms with van der Waals surface area (Å²) in [6.07, 6.45) is 0.981. The Morgan fingerprint density at radius 1 is 0.654 bits per heavy atom. The summed E-state index contributed by atoms with van der Waals surface area (Å²) < 4.78 is 0. The normalized spacial score (nSPS) is 15.8. The van der Waals surface area contributed by atoms with Crippen molar-refractivity contribution in [3.05, 3.63) is 113 Å². The Kier molecular flexibility index (Phi) is 5.09. The van der Waals surface area contributed by atoms with Gasteiger partial charge >= 0.3 is 0 Å². The highest BCUT2D eigenvalue weighted by Gasteiger charge is 2.27. The van der Waals surface area contributed by atoms with Crippen LogP contribution in [0.15, 0.2) is 95.9 Å². The Morgan fingerprint density at radius 3 is 1.77 bits per heavy atom. The number of allylic oxidation sites excluding steroid dienone is 2. The smallest absolute Gasteiger partial charge is 0.151 e. The zero-order valence-electron chi connectivity index (χ0n) is 14.0. The van der Waals surface area contributed by atoms with Crippen LogP contribution < -0.4 is 0 Å². The summed E-state index contributed by atoms with van der Waals surface area (Å²) in [6, 6.07) is 30.6. The number of carbonyl (C=O) groups excluding carboxylic acids is 1. The van der Waals surface area contributed by atoms with E-state index < -0.39 is 0 Å². The first-order chi connectivity index (χ1) is 12.9. The molecule has 126 valence electrons. The summed E-state index contributed by atoms with van der Waals surface area (Å²) in [5.74, 6) is 0. The van der Waals surface area contributed by atoms with Crippen LogP contribution in [0.1, 0.15) is 16.7 Å². The third-order valence-electron chi connectivity index (χ3n) is 4.21. The van der Waals surface area contributed by atoms with E-state index in [1.165, 1.54) is 10.5 Å². The highest BCUT2D eigenvalue weighted by atomic mass is 33.1. The first-order valence-electron chi connectivity index (χ1n) is 8.33. The van der Waals surface area contributed by atoms with E-state index in [4.69, 9.17) is 0 Å². The Morgan fingerprint density at radius 2 is 1.19 bits per heavy atom. The molecule has 1 aliphatic heterocycles. The van der Waals surface area contributed by atoms with Crippen molar-refractivity contribution in [2.75, 3.05) is 0 Å². The predicted molar refractivity (Wildman–Crippen MR) is 114 cm³/mol. The maximum Gasteiger partial charge on any atom is 0.151 e. The Balaban J connectivity index is 1.97. The van der Waals surface area contributed by atoms with Crippen molar-refractivity contribution in [3.8, 4) is 0 Å². The molecule has 3 heteroatoms. The molecular formula is C23H16OS2. The van der Waals surface area contributed by atoms with Gasteiger partial charge in [-0.05, 0) is 16.7 Å². The minimum atomic E-state index is 0.743. The minimum Gasteiger partial charge on any atom is -0.298 e. The zero-order chi connectivity index (χ0) is 17.8. The quantitative estimate of drug-likeness (QED) is 0.293. The average Bonchev–Trinajstić information content (AvgIpc) is 3.15. The SMILES string of the molecule is O=C/C(=C1\SSC(c2ccccc2)=C1c1ccccc1)c1ccccc1. The van der Waals surface area contributed by atoms with Crippen molar-refractivity contribution < 1.29 is 4.79 Å². The molecule has 0 aromatic heterocycles. The van der Waals surface area contributed by atoms with Gasteiger partial charge < -0.3 is 0 Å². The van der Waals surface area contributed by atoms with Crippen molar-refractivity contribution in [3.63, 3.8) is 0 Å². The number of carbonyl (C=O) groups is 1. The number of rotatable bonds is 4. The standard InChI is InChI=1S/C23H16OS2/c24-16-20(17-10-4-1-5-11-17)23-21(18-12-6-2-7-13-18)22(25-26-23)19-14-8-3-9-15-19/h1-16H/b23-20+. The molecule has 0 unspecified atom stereocenters. The van der Waals surface area contributed by atoms with Gasteiger partial charge in [-0.2, -0.15) is 0 Å². The molecule has 3 aromatic rings. The van der Waals surface area contributed by atoms with Crippen LogP contribution in [-0.4, -0.2) is 6.29 Å². The summed E-state index contributed by atoms with van der Waals surface area (Å²) in [4.78, 5) is 14.2. The van der Waals surface area contributed by atoms with E-state index in [9.17, 15) is 4.79 Å². The van der Waals surface area contributed by atoms with E-state index in [0.717, 1.165) is 33.5 Å². The third-order valence-corrected chi connectivity index (χ3v) is 6.74. The number of benzene rings is 3. The first-order valence-corrected chi connectivity index (χ1v) is 10.5. The second-order valence-corrected chi connectivity index (χ2v) is 7.98. The van der Waals surface area contributed by atoms with E-state index in [-0.39, 0.29) is 0 Å². The first kappa shape index (κ1) is 17.0. The van der Waals surface area contributed by atoms with Gasteiger partial charge in [-0.3, -0.25) is 4.79 Å². The molecule has 0 N–H and O–H groups in total. The lowest BCUT2D eigenvalue weighted by molar-refractivity contribution is -0.103. The molecule has 0 aliphatic carbocycles. The topological polar surface area (TPSA) is 17.1 Å². The Hall–Kier alpha value is -2.49. The van der Waals surface area contributed by atoms with Gasteiger partial charge in [-0.15, -0.1) is 0 Å². The van der Waals surface area contributed by atoms with Crippen LogP contribution in [0, 0.1) is 0 Å². The van der Waals surface area contributed by atoms with Gasteiger partial charge in [0.05, 0.1) is 0 Å². The van der Waals surface area contributed by atoms with Crippen LogP contribution in [0.3, 0.4) is 0 Å². The molecular weight excluding hydrogens is 356 g/mol. The molecule has 1 aliphatic rings. The minimum absolute atomic E-state index is 0.743. The van der Waals surface area contributed by atoms with E-state index >= 15 is 0 Å². The maximum absolute atomic E-state index is 12.0. The highest BCUT2D eigenvalue weighted by molar-refractivity contribution is 8.82. The van der Waals surface area contributed by atoms with E-state index in [2.05, 4.69) is 36.4 Å². The van der Waals surface area contributed by atoms with Crippen LogP contribution >= 0.6 is 21.6 Å². The number of aldehydes is 1. The molecule has 0 radical (unpaired) electrons. The van der Waals surface area contributed by atoms with Gasteiger partial charge in [0.25, 0.3) is 0 Å². The highest BCUT2D eigenvalue weighted by Crippen LogP contribution is 2.59. The monoisotopic (exact) mass is 372 g/mol. The van der Waals surface area contributed by atoms with Gasteiger partial charge in [0.15, 0.2) is 6.29 Å². The second kappa shape index (κ2) is 7.81. The van der Waals surface area contributed by atoms with Crippen molar-refractivity contribution in [2.45, 2.75) is 0 Å². The van der Waals surface area contributed by atoms with Crippen LogP contribution in [0.4, 0.5) is 0 Å². The second-order valence-electron chi connectivity index (χ2n) is 5.83. The summed E-state index contributed by atoms with van der Waals surface area (Å²) in [5.41, 5.74) is 5.14. The van der Waals surface area contributed by atoms with E-state index in [0.29, 0.717) is 0 Å². The fraction of sp³-hybridized carbons (Fsp3) is 0. The summed E-state index contributed by atoms with van der Waals surface area (Å²) >= 11 is 0. The molecule has 0 bridgehead atoms. The van der Waals surface area contributed by atoms with Crippen molar-refractivity contribution in [2.24, 2.45) is 0 Å². The molecule has 3 aromatic carbocycles. The molecule has 26 heavy (non-hydrogen) atoms. The molecule has 1 heterocycles. The lowest BCUT2D eigenvalue weighted by Crippen LogP contribution is -1.93. The lowest BCUT2D eigenvalue weighted by Gasteiger charge is -2.11. The average molecular weight is 373 g/mol. The van der Waals surface area contributed by atoms with Gasteiger partial charge in [0.1, 0.15) is 0 Å². The molecule has 0 spiro atoms. The van der Waals surface area contributed by atoms with Crippen LogP contribution in [0.25, 0.3) is 16.1 Å². The van der Waals surface area contributed by atoms with E-state index in [1.54, 1.807) is 21.6 Å². The van der Waals surface area contributed by atoms with Crippen LogP contribution in [0.5, 0.6) is 0 Å². The van der Waals surface area contributed by atoms with Crippen molar-refractivity contribution >= 4 is 43.9 Å². The fourth-order valence-corrected chi connectivity index (χ4v) is 5.85. The molecule has 4 rings (SSSR count). The van der Waals surface area contributed by atoms with Crippen molar-refractivity contribution in [1.82, 2.24) is 0 Å². The van der Waals surface area contributed by atoms with Crippen molar-refractivity contribution in [1.29, 1.82) is 0 Å². The zero-order valence-corrected chi connectivity index (χ0v) is 15.6. The third kappa shape index (κ3) is 3.28. The van der Waals surface area contributed by atoms with E-state index in [1.807, 2.05) is 54.6 Å². The fourth-order valence-electron chi connectivity index (χ4n) is 2.97. The molecule has 0 amide bonds. The number of hydrogen-bond acceptors (Lipinski definition) is 3. The van der Waals surface area contributed by atoms with Crippen LogP contribution in [0.2, 0.25) is 0 Å². The summed E-state index contributed by atoms with van der Waals surface area (Å²) in [5, 5.41) is 0. The summed E-state index contributed by atoms with van der Waals surface area (Å²) in [6.45, 7) is 0. The molecule has 0 saturated carbocycles. The maximum atomic E-state index is 12.0. The predicted octanol–water partition coefficient (Wildman–Crippen LogP) is 6.56. The number of hydrogen-bond donors (Lipinski definition) is 0. The van der Waals surface area contributed by atoms with Gasteiger partial charge in [-0.25, -0.2) is 0 Å². The van der Waals surface area contributed by atoms with Gasteiger partial charge in [0, 0.05) is 21.0 Å². The lowest BCUT2D eigenvalue weighted by atomic mass is 9.97. The molecule has 1 nitrogen and oxygen atoms in total. The molecule has 0 atom stereocenters. The Bertz CT molecular complexity index is 974. The van der Waals surface area contributed by atoms with Crippen LogP contribution in [-0.2, 0) is 4.79 Å². The molecule has 0 saturated heterocycles. The molecule has 0 fully saturated rings. The van der Waals surface area contributed by atoms with Gasteiger partial charge in [0.2, 0.25) is 0 Å². The summed E-state index contributed by atoms with van der Waals surface area (Å²) in [7, 11) is 3.39.